The van der Waals surface area contributed by atoms with E-state index in [1.54, 1.807) is 16.8 Å². The summed E-state index contributed by atoms with van der Waals surface area (Å²) in [6.45, 7) is 1.96. The van der Waals surface area contributed by atoms with Crippen LogP contribution in [0.3, 0.4) is 0 Å². The van der Waals surface area contributed by atoms with Crippen molar-refractivity contribution in [3.8, 4) is 17.2 Å². The van der Waals surface area contributed by atoms with Gasteiger partial charge in [0, 0.05) is 41.2 Å². The van der Waals surface area contributed by atoms with Crippen LogP contribution in [0, 0.1) is 17.1 Å². The molecule has 0 aliphatic carbocycles. The Bertz CT molecular complexity index is 1250. The summed E-state index contributed by atoms with van der Waals surface area (Å²) in [7, 11) is 0. The number of rotatable bonds is 4. The van der Waals surface area contributed by atoms with Gasteiger partial charge in [0.15, 0.2) is 5.82 Å². The van der Waals surface area contributed by atoms with E-state index >= 15 is 0 Å². The number of halogens is 1. The van der Waals surface area contributed by atoms with Gasteiger partial charge in [-0.15, -0.1) is 0 Å². The van der Waals surface area contributed by atoms with Gasteiger partial charge in [-0.1, -0.05) is 11.8 Å². The van der Waals surface area contributed by atoms with Gasteiger partial charge >= 0.3 is 0 Å². The van der Waals surface area contributed by atoms with Crippen molar-refractivity contribution in [2.45, 2.75) is 28.8 Å². The van der Waals surface area contributed by atoms with Crippen LogP contribution < -0.4 is 5.32 Å². The number of aromatic nitrogens is 5. The molecular weight excluding hydrogens is 401 g/mol. The number of hydrogen-bond acceptors (Lipinski definition) is 6. The SMILES string of the molecule is N#Cc1cnn2cc(-c3cnn(C4CCCNC4)c3)cc(Sc3ncccc3F)c12. The van der Waals surface area contributed by atoms with Crippen molar-refractivity contribution in [1.29, 1.82) is 5.26 Å². The number of nitrogens with one attached hydrogen (secondary N) is 1. The normalized spacial score (nSPS) is 16.6. The average Bonchev–Trinajstić information content (AvgIpc) is 3.43. The number of pyridine rings is 2. The minimum atomic E-state index is -0.401. The zero-order valence-corrected chi connectivity index (χ0v) is 16.8. The number of fused-ring (bicyclic) bond motifs is 1. The van der Waals surface area contributed by atoms with Crippen LogP contribution in [0.15, 0.2) is 59.1 Å². The van der Waals surface area contributed by atoms with Crippen molar-refractivity contribution < 1.29 is 4.39 Å². The Kier molecular flexibility index (Phi) is 4.94. The fourth-order valence-corrected chi connectivity index (χ4v) is 4.67. The zero-order valence-electron chi connectivity index (χ0n) is 16.0. The maximum absolute atomic E-state index is 14.2. The molecule has 1 aliphatic rings. The molecule has 1 atom stereocenters. The lowest BCUT2D eigenvalue weighted by molar-refractivity contribution is 0.347. The van der Waals surface area contributed by atoms with Crippen molar-refractivity contribution in [3.05, 3.63) is 60.6 Å². The molecule has 30 heavy (non-hydrogen) atoms. The van der Waals surface area contributed by atoms with Crippen molar-refractivity contribution in [1.82, 2.24) is 29.7 Å². The molecule has 5 rings (SSSR count). The highest BCUT2D eigenvalue weighted by Gasteiger charge is 2.18. The van der Waals surface area contributed by atoms with Crippen LogP contribution in [-0.4, -0.2) is 37.5 Å². The highest BCUT2D eigenvalue weighted by Crippen LogP contribution is 2.36. The van der Waals surface area contributed by atoms with Crippen LogP contribution in [-0.2, 0) is 0 Å². The van der Waals surface area contributed by atoms with Crippen LogP contribution >= 0.6 is 11.8 Å². The van der Waals surface area contributed by atoms with Gasteiger partial charge in [0.1, 0.15) is 11.1 Å². The predicted octanol–water partition coefficient (Wildman–Crippen LogP) is 3.68. The van der Waals surface area contributed by atoms with E-state index in [1.165, 1.54) is 24.0 Å². The van der Waals surface area contributed by atoms with E-state index in [9.17, 15) is 9.65 Å². The van der Waals surface area contributed by atoms with Crippen LogP contribution in [0.2, 0.25) is 0 Å². The molecule has 9 heteroatoms. The number of hydrogen-bond donors (Lipinski definition) is 1. The van der Waals surface area contributed by atoms with Gasteiger partial charge in [-0.05, 0) is 37.6 Å². The van der Waals surface area contributed by atoms with Crippen LogP contribution in [0.1, 0.15) is 24.4 Å². The Morgan fingerprint density at radius 1 is 1.23 bits per heavy atom. The molecule has 1 fully saturated rings. The molecule has 4 aromatic rings. The first-order valence-corrected chi connectivity index (χ1v) is 10.5. The largest absolute Gasteiger partial charge is 0.315 e. The van der Waals surface area contributed by atoms with E-state index in [-0.39, 0.29) is 5.03 Å². The van der Waals surface area contributed by atoms with E-state index in [2.05, 4.69) is 26.6 Å². The topological polar surface area (TPSA) is 83.8 Å². The molecule has 0 bridgehead atoms. The molecule has 7 nitrogen and oxygen atoms in total. The summed E-state index contributed by atoms with van der Waals surface area (Å²) in [5.74, 6) is -0.401. The van der Waals surface area contributed by atoms with Gasteiger partial charge in [-0.3, -0.25) is 4.68 Å². The molecule has 5 heterocycles. The second-order valence-corrected chi connectivity index (χ2v) is 8.19. The highest BCUT2D eigenvalue weighted by atomic mass is 32.2. The summed E-state index contributed by atoms with van der Waals surface area (Å²) < 4.78 is 17.9. The van der Waals surface area contributed by atoms with Crippen molar-refractivity contribution >= 4 is 17.3 Å². The molecular formula is C21H18FN7S. The van der Waals surface area contributed by atoms with E-state index in [0.29, 0.717) is 22.0 Å². The van der Waals surface area contributed by atoms with E-state index < -0.39 is 5.82 Å². The maximum Gasteiger partial charge on any atom is 0.155 e. The fraction of sp³-hybridized carbons (Fsp3) is 0.238. The third kappa shape index (κ3) is 3.44. The van der Waals surface area contributed by atoms with Gasteiger partial charge in [0.25, 0.3) is 0 Å². The second kappa shape index (κ2) is 7.89. The Labute approximate surface area is 176 Å². The summed E-state index contributed by atoms with van der Waals surface area (Å²) >= 11 is 1.19. The average molecular weight is 419 g/mol. The first-order valence-electron chi connectivity index (χ1n) is 9.68. The first kappa shape index (κ1) is 18.8. The van der Waals surface area contributed by atoms with E-state index in [0.717, 1.165) is 37.1 Å². The van der Waals surface area contributed by atoms with E-state index in [1.807, 2.05) is 29.3 Å². The van der Waals surface area contributed by atoms with E-state index in [4.69, 9.17) is 0 Å². The van der Waals surface area contributed by atoms with Crippen molar-refractivity contribution in [3.63, 3.8) is 0 Å². The third-order valence-electron chi connectivity index (χ3n) is 5.21. The Balaban J connectivity index is 1.58. The third-order valence-corrected chi connectivity index (χ3v) is 6.23. The summed E-state index contributed by atoms with van der Waals surface area (Å²) in [5.41, 5.74) is 2.91. The van der Waals surface area contributed by atoms with Gasteiger partial charge in [0.05, 0.1) is 29.5 Å². The first-order chi connectivity index (χ1) is 14.7. The molecule has 1 aliphatic heterocycles. The van der Waals surface area contributed by atoms with Crippen molar-refractivity contribution in [2.75, 3.05) is 13.1 Å². The van der Waals surface area contributed by atoms with Crippen LogP contribution in [0.5, 0.6) is 0 Å². The minimum absolute atomic E-state index is 0.255. The van der Waals surface area contributed by atoms with Crippen molar-refractivity contribution in [2.24, 2.45) is 0 Å². The molecule has 0 aromatic carbocycles. The Hall–Kier alpha value is -3.22. The summed E-state index contributed by atoms with van der Waals surface area (Å²) in [5, 5.41) is 22.0. The van der Waals surface area contributed by atoms with Crippen LogP contribution in [0.25, 0.3) is 16.6 Å². The second-order valence-electron chi connectivity index (χ2n) is 7.16. The molecule has 150 valence electrons. The Morgan fingerprint density at radius 3 is 2.97 bits per heavy atom. The zero-order chi connectivity index (χ0) is 20.5. The molecule has 4 aromatic heterocycles. The quantitative estimate of drug-likeness (QED) is 0.543. The molecule has 1 unspecified atom stereocenters. The number of piperidine rings is 1. The van der Waals surface area contributed by atoms with Gasteiger partial charge in [-0.25, -0.2) is 13.9 Å². The van der Waals surface area contributed by atoms with Gasteiger partial charge in [0.2, 0.25) is 0 Å². The van der Waals surface area contributed by atoms with Gasteiger partial charge in [-0.2, -0.15) is 15.5 Å². The molecule has 0 radical (unpaired) electrons. The monoisotopic (exact) mass is 419 g/mol. The maximum atomic E-state index is 14.2. The number of nitrogens with zero attached hydrogens (tertiary/aromatic N) is 6. The lowest BCUT2D eigenvalue weighted by Crippen LogP contribution is -2.31. The van der Waals surface area contributed by atoms with Crippen LogP contribution in [0.4, 0.5) is 4.39 Å². The molecule has 1 N–H and O–H groups in total. The fourth-order valence-electron chi connectivity index (χ4n) is 3.70. The summed E-state index contributed by atoms with van der Waals surface area (Å²) in [6.07, 6.45) is 11.0. The summed E-state index contributed by atoms with van der Waals surface area (Å²) in [4.78, 5) is 4.85. The smallest absolute Gasteiger partial charge is 0.155 e. The molecule has 0 spiro atoms. The molecule has 0 saturated carbocycles. The Morgan fingerprint density at radius 2 is 2.17 bits per heavy atom. The molecule has 1 saturated heterocycles. The highest BCUT2D eigenvalue weighted by molar-refractivity contribution is 7.99. The molecule has 0 amide bonds. The number of nitriles is 1. The standard InChI is InChI=1S/C21H18FN7S/c22-18-4-2-6-25-21(18)30-19-7-14(12-29-20(19)15(8-23)9-27-29)16-10-26-28(13-16)17-3-1-5-24-11-17/h2,4,6-7,9-10,12-13,17,24H,1,3,5,11H2. The van der Waals surface area contributed by atoms with Gasteiger partial charge < -0.3 is 5.32 Å². The minimum Gasteiger partial charge on any atom is -0.315 e. The summed E-state index contributed by atoms with van der Waals surface area (Å²) in [6, 6.07) is 7.37. The lowest BCUT2D eigenvalue weighted by Gasteiger charge is -2.22. The predicted molar refractivity (Wildman–Crippen MR) is 111 cm³/mol. The lowest BCUT2D eigenvalue weighted by atomic mass is 10.1.